The average Bonchev–Trinajstić information content (AvgIpc) is 1.89. The van der Waals surface area contributed by atoms with E-state index in [2.05, 4.69) is 18.7 Å². The molecule has 2 unspecified atom stereocenters. The standard InChI is InChI=1S/C7H15NS/c1-2-6-5-9-4-3-7(6)8/h6-7H,2-5,8H2,1H3. The Hall–Kier alpha value is 0.310. The van der Waals surface area contributed by atoms with Gasteiger partial charge in [-0.25, -0.2) is 0 Å². The molecule has 1 aliphatic heterocycles. The minimum absolute atomic E-state index is 0.497. The minimum atomic E-state index is 0.497. The summed E-state index contributed by atoms with van der Waals surface area (Å²) in [5.41, 5.74) is 5.88. The topological polar surface area (TPSA) is 26.0 Å². The van der Waals surface area contributed by atoms with Gasteiger partial charge < -0.3 is 5.73 Å². The Morgan fingerprint density at radius 1 is 1.67 bits per heavy atom. The summed E-state index contributed by atoms with van der Waals surface area (Å²) in [6, 6.07) is 0.497. The predicted molar refractivity (Wildman–Crippen MR) is 43.7 cm³/mol. The number of hydrogen-bond acceptors (Lipinski definition) is 2. The van der Waals surface area contributed by atoms with Crippen LogP contribution in [0.4, 0.5) is 0 Å². The zero-order valence-electron chi connectivity index (χ0n) is 5.97. The number of hydrogen-bond donors (Lipinski definition) is 1. The Labute approximate surface area is 61.4 Å². The van der Waals surface area contributed by atoms with E-state index in [1.807, 2.05) is 0 Å². The molecule has 2 N–H and O–H groups in total. The highest BCUT2D eigenvalue weighted by molar-refractivity contribution is 7.99. The summed E-state index contributed by atoms with van der Waals surface area (Å²) >= 11 is 2.05. The molecule has 0 aromatic carbocycles. The molecule has 0 radical (unpaired) electrons. The van der Waals surface area contributed by atoms with E-state index in [9.17, 15) is 0 Å². The molecule has 1 aliphatic rings. The maximum atomic E-state index is 5.88. The summed E-state index contributed by atoms with van der Waals surface area (Å²) in [4.78, 5) is 0. The largest absolute Gasteiger partial charge is 0.327 e. The second-order valence-electron chi connectivity index (χ2n) is 2.70. The van der Waals surface area contributed by atoms with E-state index in [4.69, 9.17) is 5.73 Å². The molecule has 0 aromatic rings. The maximum Gasteiger partial charge on any atom is 0.00827 e. The molecule has 1 heterocycles. The van der Waals surface area contributed by atoms with E-state index in [1.54, 1.807) is 0 Å². The smallest absolute Gasteiger partial charge is 0.00827 e. The number of nitrogens with two attached hydrogens (primary N) is 1. The van der Waals surface area contributed by atoms with Crippen molar-refractivity contribution in [1.29, 1.82) is 0 Å². The van der Waals surface area contributed by atoms with E-state index in [0.29, 0.717) is 6.04 Å². The molecule has 1 nitrogen and oxygen atoms in total. The van der Waals surface area contributed by atoms with E-state index in [-0.39, 0.29) is 0 Å². The Bertz CT molecular complexity index is 85.0. The van der Waals surface area contributed by atoms with Crippen molar-refractivity contribution in [2.24, 2.45) is 11.7 Å². The van der Waals surface area contributed by atoms with Gasteiger partial charge in [0.05, 0.1) is 0 Å². The summed E-state index contributed by atoms with van der Waals surface area (Å²) in [6.45, 7) is 2.23. The molecule has 0 spiro atoms. The van der Waals surface area contributed by atoms with Crippen molar-refractivity contribution in [3.8, 4) is 0 Å². The van der Waals surface area contributed by atoms with Crippen LogP contribution in [-0.2, 0) is 0 Å². The molecule has 2 atom stereocenters. The molecule has 9 heavy (non-hydrogen) atoms. The van der Waals surface area contributed by atoms with E-state index in [0.717, 1.165) is 5.92 Å². The molecule has 0 saturated carbocycles. The van der Waals surface area contributed by atoms with Gasteiger partial charge in [-0.15, -0.1) is 0 Å². The molecule has 1 fully saturated rings. The highest BCUT2D eigenvalue weighted by atomic mass is 32.2. The second-order valence-corrected chi connectivity index (χ2v) is 3.85. The number of thioether (sulfide) groups is 1. The van der Waals surface area contributed by atoms with Gasteiger partial charge in [-0.3, -0.25) is 0 Å². The van der Waals surface area contributed by atoms with Crippen molar-refractivity contribution >= 4 is 11.8 Å². The van der Waals surface area contributed by atoms with Crippen LogP contribution in [-0.4, -0.2) is 17.5 Å². The third-order valence-electron chi connectivity index (χ3n) is 2.06. The van der Waals surface area contributed by atoms with Crippen LogP contribution in [0.1, 0.15) is 19.8 Å². The van der Waals surface area contributed by atoms with Crippen LogP contribution in [0.5, 0.6) is 0 Å². The summed E-state index contributed by atoms with van der Waals surface area (Å²) in [6.07, 6.45) is 2.48. The van der Waals surface area contributed by atoms with Crippen LogP contribution < -0.4 is 5.73 Å². The van der Waals surface area contributed by atoms with Crippen LogP contribution in [0, 0.1) is 5.92 Å². The second kappa shape index (κ2) is 3.47. The summed E-state index contributed by atoms with van der Waals surface area (Å²) in [5, 5.41) is 0. The lowest BCUT2D eigenvalue weighted by molar-refractivity contribution is 0.431. The third-order valence-corrected chi connectivity index (χ3v) is 3.25. The van der Waals surface area contributed by atoms with Crippen LogP contribution in [0.2, 0.25) is 0 Å². The molecule has 2 heteroatoms. The molecular formula is C7H15NS. The molecule has 0 bridgehead atoms. The van der Waals surface area contributed by atoms with Crippen LogP contribution in [0.3, 0.4) is 0 Å². The molecule has 54 valence electrons. The van der Waals surface area contributed by atoms with Crippen LogP contribution >= 0.6 is 11.8 Å². The normalized spacial score (nSPS) is 36.7. The van der Waals surface area contributed by atoms with Gasteiger partial charge in [-0.2, -0.15) is 11.8 Å². The summed E-state index contributed by atoms with van der Waals surface area (Å²) < 4.78 is 0. The zero-order chi connectivity index (χ0) is 6.69. The van der Waals surface area contributed by atoms with Gasteiger partial charge >= 0.3 is 0 Å². The van der Waals surface area contributed by atoms with E-state index >= 15 is 0 Å². The van der Waals surface area contributed by atoms with Gasteiger partial charge in [-0.1, -0.05) is 13.3 Å². The molecule has 0 aromatic heterocycles. The average molecular weight is 145 g/mol. The third kappa shape index (κ3) is 1.87. The summed E-state index contributed by atoms with van der Waals surface area (Å²) in [7, 11) is 0. The van der Waals surface area contributed by atoms with Gasteiger partial charge in [-0.05, 0) is 23.8 Å². The minimum Gasteiger partial charge on any atom is -0.327 e. The molecular weight excluding hydrogens is 130 g/mol. The molecule has 0 amide bonds. The lowest BCUT2D eigenvalue weighted by Gasteiger charge is -2.26. The van der Waals surface area contributed by atoms with Crippen molar-refractivity contribution < 1.29 is 0 Å². The van der Waals surface area contributed by atoms with Gasteiger partial charge in [0.2, 0.25) is 0 Å². The van der Waals surface area contributed by atoms with Crippen molar-refractivity contribution in [1.82, 2.24) is 0 Å². The van der Waals surface area contributed by atoms with Crippen molar-refractivity contribution in [2.45, 2.75) is 25.8 Å². The van der Waals surface area contributed by atoms with Gasteiger partial charge in [0, 0.05) is 6.04 Å². The first-order valence-corrected chi connectivity index (χ1v) is 4.83. The zero-order valence-corrected chi connectivity index (χ0v) is 6.79. The Balaban J connectivity index is 2.30. The molecule has 0 aliphatic carbocycles. The summed E-state index contributed by atoms with van der Waals surface area (Å²) in [5.74, 6) is 3.36. The Kier molecular flexibility index (Phi) is 2.86. The lowest BCUT2D eigenvalue weighted by Crippen LogP contribution is -2.34. The lowest BCUT2D eigenvalue weighted by atomic mass is 9.97. The first kappa shape index (κ1) is 7.42. The van der Waals surface area contributed by atoms with Crippen LogP contribution in [0.15, 0.2) is 0 Å². The van der Waals surface area contributed by atoms with E-state index in [1.165, 1.54) is 24.3 Å². The van der Waals surface area contributed by atoms with Gasteiger partial charge in [0.25, 0.3) is 0 Å². The first-order chi connectivity index (χ1) is 4.34. The predicted octanol–water partition coefficient (Wildman–Crippen LogP) is 1.48. The van der Waals surface area contributed by atoms with Crippen LogP contribution in [0.25, 0.3) is 0 Å². The maximum absolute atomic E-state index is 5.88. The quantitative estimate of drug-likeness (QED) is 0.605. The van der Waals surface area contributed by atoms with Crippen molar-refractivity contribution in [3.05, 3.63) is 0 Å². The van der Waals surface area contributed by atoms with Gasteiger partial charge in [0.1, 0.15) is 0 Å². The van der Waals surface area contributed by atoms with E-state index < -0.39 is 0 Å². The number of rotatable bonds is 1. The molecule has 1 rings (SSSR count). The van der Waals surface area contributed by atoms with Gasteiger partial charge in [0.15, 0.2) is 0 Å². The SMILES string of the molecule is CCC1CSCCC1N. The fourth-order valence-corrected chi connectivity index (χ4v) is 2.63. The Morgan fingerprint density at radius 3 is 2.89 bits per heavy atom. The fourth-order valence-electron chi connectivity index (χ4n) is 1.23. The first-order valence-electron chi connectivity index (χ1n) is 3.68. The van der Waals surface area contributed by atoms with Crippen molar-refractivity contribution in [2.75, 3.05) is 11.5 Å². The monoisotopic (exact) mass is 145 g/mol. The van der Waals surface area contributed by atoms with Crippen molar-refractivity contribution in [3.63, 3.8) is 0 Å². The fraction of sp³-hybridized carbons (Fsp3) is 1.00. The molecule has 1 saturated heterocycles. The highest BCUT2D eigenvalue weighted by Crippen LogP contribution is 2.23. The Morgan fingerprint density at radius 2 is 2.44 bits per heavy atom. The highest BCUT2D eigenvalue weighted by Gasteiger charge is 2.19.